The van der Waals surface area contributed by atoms with Crippen LogP contribution in [0.3, 0.4) is 0 Å². The lowest BCUT2D eigenvalue weighted by Gasteiger charge is -2.12. The van der Waals surface area contributed by atoms with Gasteiger partial charge in [-0.1, -0.05) is 6.07 Å². The van der Waals surface area contributed by atoms with Gasteiger partial charge in [0.1, 0.15) is 11.8 Å². The molecule has 2 rings (SSSR count). The Kier molecular flexibility index (Phi) is 3.53. The first-order chi connectivity index (χ1) is 9.13. The molecule has 0 aliphatic carbocycles. The summed E-state index contributed by atoms with van der Waals surface area (Å²) in [5.74, 6) is 1.21. The Labute approximate surface area is 111 Å². The Morgan fingerprint density at radius 1 is 1.37 bits per heavy atom. The molecule has 1 aromatic carbocycles. The lowest BCUT2D eigenvalue weighted by atomic mass is 10.2. The minimum absolute atomic E-state index is 0.419. The molecule has 0 amide bonds. The van der Waals surface area contributed by atoms with E-state index in [9.17, 15) is 0 Å². The molecule has 0 unspecified atom stereocenters. The van der Waals surface area contributed by atoms with Crippen LogP contribution in [0.15, 0.2) is 30.5 Å². The molecule has 0 fully saturated rings. The molecule has 0 bridgehead atoms. The summed E-state index contributed by atoms with van der Waals surface area (Å²) < 4.78 is 5.27. The second-order valence-electron chi connectivity index (χ2n) is 4.10. The Hall–Kier alpha value is -2.74. The first kappa shape index (κ1) is 12.7. The van der Waals surface area contributed by atoms with Crippen LogP contribution in [0.4, 0.5) is 17.2 Å². The van der Waals surface area contributed by atoms with Gasteiger partial charge in [-0.05, 0) is 30.7 Å². The third kappa shape index (κ3) is 2.75. The van der Waals surface area contributed by atoms with E-state index >= 15 is 0 Å². The van der Waals surface area contributed by atoms with Crippen LogP contribution < -0.4 is 15.8 Å². The Balaban J connectivity index is 2.36. The topological polar surface area (TPSA) is 84.0 Å². The summed E-state index contributed by atoms with van der Waals surface area (Å²) in [5, 5.41) is 11.9. The lowest BCUT2D eigenvalue weighted by Crippen LogP contribution is -2.01. The molecule has 0 spiro atoms. The van der Waals surface area contributed by atoms with Crippen LogP contribution in [0.25, 0.3) is 0 Å². The molecule has 0 atom stereocenters. The van der Waals surface area contributed by atoms with Gasteiger partial charge in [0.15, 0.2) is 5.82 Å². The van der Waals surface area contributed by atoms with Crippen LogP contribution in [0.5, 0.6) is 5.75 Å². The van der Waals surface area contributed by atoms with E-state index in [-0.39, 0.29) is 0 Å². The summed E-state index contributed by atoms with van der Waals surface area (Å²) in [6.07, 6.45) is 1.47. The van der Waals surface area contributed by atoms with Gasteiger partial charge in [0.05, 0.1) is 24.0 Å². The Morgan fingerprint density at radius 2 is 2.16 bits per heavy atom. The molecule has 0 saturated carbocycles. The highest BCUT2D eigenvalue weighted by molar-refractivity contribution is 5.73. The molecule has 5 nitrogen and oxygen atoms in total. The number of aryl methyl sites for hydroxylation is 1. The van der Waals surface area contributed by atoms with Crippen molar-refractivity contribution in [2.45, 2.75) is 6.92 Å². The van der Waals surface area contributed by atoms with E-state index in [2.05, 4.69) is 10.3 Å². The number of nitrogens with two attached hydrogens (primary N) is 1. The van der Waals surface area contributed by atoms with Crippen molar-refractivity contribution >= 4 is 17.2 Å². The van der Waals surface area contributed by atoms with Gasteiger partial charge in [0.25, 0.3) is 0 Å². The van der Waals surface area contributed by atoms with Gasteiger partial charge < -0.3 is 15.8 Å². The molecular weight excluding hydrogens is 240 g/mol. The SMILES string of the molecule is COc1ccc(C)cc1Nc1ncc(C#N)cc1N. The van der Waals surface area contributed by atoms with Gasteiger partial charge in [-0.3, -0.25) is 0 Å². The van der Waals surface area contributed by atoms with Crippen LogP contribution in [0, 0.1) is 18.3 Å². The molecule has 0 aliphatic heterocycles. The minimum Gasteiger partial charge on any atom is -0.495 e. The van der Waals surface area contributed by atoms with E-state index in [1.807, 2.05) is 31.2 Å². The van der Waals surface area contributed by atoms with Crippen LogP contribution in [0.2, 0.25) is 0 Å². The number of hydrogen-bond donors (Lipinski definition) is 2. The maximum Gasteiger partial charge on any atom is 0.153 e. The summed E-state index contributed by atoms with van der Waals surface area (Å²) in [5.41, 5.74) is 8.58. The van der Waals surface area contributed by atoms with Crippen molar-refractivity contribution < 1.29 is 4.74 Å². The summed E-state index contributed by atoms with van der Waals surface area (Å²) in [4.78, 5) is 4.14. The quantitative estimate of drug-likeness (QED) is 0.879. The van der Waals surface area contributed by atoms with E-state index in [0.29, 0.717) is 22.8 Å². The average molecular weight is 254 g/mol. The van der Waals surface area contributed by atoms with E-state index in [1.165, 1.54) is 6.20 Å². The van der Waals surface area contributed by atoms with Gasteiger partial charge in [-0.25, -0.2) is 4.98 Å². The summed E-state index contributed by atoms with van der Waals surface area (Å²) in [6.45, 7) is 1.99. The van der Waals surface area contributed by atoms with E-state index in [0.717, 1.165) is 11.3 Å². The molecule has 2 aromatic rings. The third-order valence-electron chi connectivity index (χ3n) is 2.65. The summed E-state index contributed by atoms with van der Waals surface area (Å²) in [7, 11) is 1.60. The molecule has 3 N–H and O–H groups in total. The minimum atomic E-state index is 0.419. The number of anilines is 3. The van der Waals surface area contributed by atoms with Crippen molar-refractivity contribution in [2.75, 3.05) is 18.2 Å². The standard InChI is InChI=1S/C14H14N4O/c1-9-3-4-13(19-2)12(5-9)18-14-11(16)6-10(7-15)8-17-14/h3-6,8H,16H2,1-2H3,(H,17,18). The van der Waals surface area contributed by atoms with Crippen molar-refractivity contribution in [3.63, 3.8) is 0 Å². The van der Waals surface area contributed by atoms with Crippen LogP contribution in [0.1, 0.15) is 11.1 Å². The first-order valence-corrected chi connectivity index (χ1v) is 5.71. The number of rotatable bonds is 3. The maximum absolute atomic E-state index is 8.78. The van der Waals surface area contributed by atoms with Gasteiger partial charge in [-0.15, -0.1) is 0 Å². The van der Waals surface area contributed by atoms with Gasteiger partial charge in [-0.2, -0.15) is 5.26 Å². The zero-order chi connectivity index (χ0) is 13.8. The van der Waals surface area contributed by atoms with E-state index in [4.69, 9.17) is 15.7 Å². The van der Waals surface area contributed by atoms with Crippen molar-refractivity contribution in [1.29, 1.82) is 5.26 Å². The molecule has 1 aromatic heterocycles. The van der Waals surface area contributed by atoms with E-state index < -0.39 is 0 Å². The number of hydrogen-bond acceptors (Lipinski definition) is 5. The lowest BCUT2D eigenvalue weighted by molar-refractivity contribution is 0.416. The number of nitrogens with one attached hydrogen (secondary N) is 1. The first-order valence-electron chi connectivity index (χ1n) is 5.71. The molecule has 1 heterocycles. The second kappa shape index (κ2) is 5.27. The van der Waals surface area contributed by atoms with Crippen molar-refractivity contribution in [3.05, 3.63) is 41.6 Å². The number of nitrogen functional groups attached to an aromatic ring is 1. The highest BCUT2D eigenvalue weighted by Gasteiger charge is 2.07. The zero-order valence-corrected chi connectivity index (χ0v) is 10.8. The van der Waals surface area contributed by atoms with Gasteiger partial charge >= 0.3 is 0 Å². The molecule has 96 valence electrons. The van der Waals surface area contributed by atoms with Crippen LogP contribution >= 0.6 is 0 Å². The second-order valence-corrected chi connectivity index (χ2v) is 4.10. The smallest absolute Gasteiger partial charge is 0.153 e. The molecule has 0 radical (unpaired) electrons. The summed E-state index contributed by atoms with van der Waals surface area (Å²) >= 11 is 0. The predicted octanol–water partition coefficient (Wildman–Crippen LogP) is 2.60. The normalized spacial score (nSPS) is 9.74. The van der Waals surface area contributed by atoms with Gasteiger partial charge in [0, 0.05) is 6.20 Å². The molecular formula is C14H14N4O. The number of benzene rings is 1. The number of nitriles is 1. The fourth-order valence-electron chi connectivity index (χ4n) is 1.69. The highest BCUT2D eigenvalue weighted by atomic mass is 16.5. The predicted molar refractivity (Wildman–Crippen MR) is 74.4 cm³/mol. The van der Waals surface area contributed by atoms with Crippen LogP contribution in [-0.2, 0) is 0 Å². The van der Waals surface area contributed by atoms with Crippen LogP contribution in [-0.4, -0.2) is 12.1 Å². The number of aromatic nitrogens is 1. The molecule has 0 saturated heterocycles. The number of methoxy groups -OCH3 is 1. The Morgan fingerprint density at radius 3 is 2.79 bits per heavy atom. The van der Waals surface area contributed by atoms with Crippen molar-refractivity contribution in [2.24, 2.45) is 0 Å². The van der Waals surface area contributed by atoms with Crippen molar-refractivity contribution in [1.82, 2.24) is 4.98 Å². The largest absolute Gasteiger partial charge is 0.495 e. The molecule has 5 heteroatoms. The number of pyridine rings is 1. The fraction of sp³-hybridized carbons (Fsp3) is 0.143. The maximum atomic E-state index is 8.78. The fourth-order valence-corrected chi connectivity index (χ4v) is 1.69. The van der Waals surface area contributed by atoms with E-state index in [1.54, 1.807) is 13.2 Å². The highest BCUT2D eigenvalue weighted by Crippen LogP contribution is 2.29. The number of ether oxygens (including phenoxy) is 1. The average Bonchev–Trinajstić information content (AvgIpc) is 2.41. The Bertz CT molecular complexity index is 646. The number of nitrogens with zero attached hydrogens (tertiary/aromatic N) is 2. The van der Waals surface area contributed by atoms with Gasteiger partial charge in [0.2, 0.25) is 0 Å². The zero-order valence-electron chi connectivity index (χ0n) is 10.8. The molecule has 19 heavy (non-hydrogen) atoms. The summed E-state index contributed by atoms with van der Waals surface area (Å²) in [6, 6.07) is 9.35. The van der Waals surface area contributed by atoms with Crippen molar-refractivity contribution in [3.8, 4) is 11.8 Å². The monoisotopic (exact) mass is 254 g/mol. The molecule has 0 aliphatic rings. The third-order valence-corrected chi connectivity index (χ3v) is 2.65.